The first-order valence-electron chi connectivity index (χ1n) is 6.93. The number of nitrogens with one attached hydrogen (secondary N) is 1. The maximum absolute atomic E-state index is 11.2. The Labute approximate surface area is 138 Å². The summed E-state index contributed by atoms with van der Waals surface area (Å²) in [4.78, 5) is 11.2. The number of hydrogen-bond acceptors (Lipinski definition) is 3. The Balaban J connectivity index is 2.39. The highest BCUT2D eigenvalue weighted by Gasteiger charge is 2.10. The van der Waals surface area contributed by atoms with Gasteiger partial charge < -0.3 is 14.8 Å². The van der Waals surface area contributed by atoms with Crippen LogP contribution in [0.2, 0.25) is 0 Å². The zero-order chi connectivity index (χ0) is 16.1. The number of methoxy groups -OCH3 is 1. The summed E-state index contributed by atoms with van der Waals surface area (Å²) in [6.07, 6.45) is 0. The zero-order valence-corrected chi connectivity index (χ0v) is 14.4. The Kier molecular flexibility index (Phi) is 5.44. The number of carbonyl (C=O) groups is 1. The average Bonchev–Trinajstić information content (AvgIpc) is 2.49. The van der Waals surface area contributed by atoms with Gasteiger partial charge >= 0.3 is 0 Å². The maximum atomic E-state index is 11.2. The van der Waals surface area contributed by atoms with Crippen molar-refractivity contribution in [1.82, 2.24) is 0 Å². The van der Waals surface area contributed by atoms with Gasteiger partial charge in [0.15, 0.2) is 0 Å². The van der Waals surface area contributed by atoms with Gasteiger partial charge in [-0.2, -0.15) is 0 Å². The van der Waals surface area contributed by atoms with E-state index >= 15 is 0 Å². The highest BCUT2D eigenvalue weighted by molar-refractivity contribution is 9.10. The minimum Gasteiger partial charge on any atom is -0.496 e. The molecule has 0 bridgehead atoms. The number of anilines is 1. The van der Waals surface area contributed by atoms with E-state index in [1.165, 1.54) is 6.92 Å². The summed E-state index contributed by atoms with van der Waals surface area (Å²) in [5, 5.41) is 2.77. The summed E-state index contributed by atoms with van der Waals surface area (Å²) in [5.41, 5.74) is 2.68. The van der Waals surface area contributed by atoms with E-state index in [1.54, 1.807) is 7.11 Å². The van der Waals surface area contributed by atoms with Crippen LogP contribution < -0.4 is 14.8 Å². The second kappa shape index (κ2) is 7.31. The van der Waals surface area contributed by atoms with Crippen LogP contribution in [0.3, 0.4) is 0 Å². The topological polar surface area (TPSA) is 47.6 Å². The molecule has 0 saturated carbocycles. The first-order valence-corrected chi connectivity index (χ1v) is 7.72. The molecule has 0 saturated heterocycles. The lowest BCUT2D eigenvalue weighted by Crippen LogP contribution is -2.06. The number of hydrogen-bond donors (Lipinski definition) is 1. The number of carbonyl (C=O) groups excluding carboxylic acids is 1. The van der Waals surface area contributed by atoms with Gasteiger partial charge in [-0.25, -0.2) is 0 Å². The van der Waals surface area contributed by atoms with Gasteiger partial charge in [-0.05, 0) is 52.7 Å². The molecule has 0 aliphatic rings. The van der Waals surface area contributed by atoms with Crippen molar-refractivity contribution in [3.8, 4) is 22.6 Å². The molecule has 1 N–H and O–H groups in total. The van der Waals surface area contributed by atoms with E-state index in [1.807, 2.05) is 43.3 Å². The molecular formula is C17H18BrNO3. The van der Waals surface area contributed by atoms with Crippen LogP contribution >= 0.6 is 15.9 Å². The molecule has 1 amide bonds. The molecule has 116 valence electrons. The van der Waals surface area contributed by atoms with Crippen LogP contribution in [0.4, 0.5) is 5.69 Å². The van der Waals surface area contributed by atoms with Crippen LogP contribution in [0.25, 0.3) is 11.1 Å². The van der Waals surface area contributed by atoms with E-state index in [9.17, 15) is 4.79 Å². The molecule has 5 heteroatoms. The molecule has 2 aromatic rings. The van der Waals surface area contributed by atoms with Crippen LogP contribution in [-0.4, -0.2) is 19.6 Å². The van der Waals surface area contributed by atoms with E-state index in [0.29, 0.717) is 6.61 Å². The molecule has 0 atom stereocenters. The predicted molar refractivity (Wildman–Crippen MR) is 91.6 cm³/mol. The molecular weight excluding hydrogens is 346 g/mol. The van der Waals surface area contributed by atoms with Crippen molar-refractivity contribution in [3.63, 3.8) is 0 Å². The average molecular weight is 364 g/mol. The molecule has 2 aromatic carbocycles. The highest BCUT2D eigenvalue weighted by atomic mass is 79.9. The quantitative estimate of drug-likeness (QED) is 0.851. The monoisotopic (exact) mass is 363 g/mol. The molecule has 0 radical (unpaired) electrons. The molecule has 22 heavy (non-hydrogen) atoms. The van der Waals surface area contributed by atoms with Crippen LogP contribution in [0.1, 0.15) is 13.8 Å². The van der Waals surface area contributed by atoms with Gasteiger partial charge in [-0.1, -0.05) is 6.07 Å². The standard InChI is InChI=1S/C17H18BrNO3/c1-4-22-13-6-7-14(17(10-13)21-3)12-5-8-16(15(18)9-12)19-11(2)20/h5-10H,4H2,1-3H3,(H,19,20). The largest absolute Gasteiger partial charge is 0.496 e. The predicted octanol–water partition coefficient (Wildman–Crippen LogP) is 4.48. The fraction of sp³-hybridized carbons (Fsp3) is 0.235. The SMILES string of the molecule is CCOc1ccc(-c2ccc(NC(C)=O)c(Br)c2)c(OC)c1. The fourth-order valence-electron chi connectivity index (χ4n) is 2.14. The zero-order valence-electron chi connectivity index (χ0n) is 12.8. The van der Waals surface area contributed by atoms with Crippen molar-refractivity contribution >= 4 is 27.5 Å². The number of benzene rings is 2. The smallest absolute Gasteiger partial charge is 0.221 e. The Bertz CT molecular complexity index is 686. The van der Waals surface area contributed by atoms with E-state index in [0.717, 1.165) is 32.8 Å². The maximum Gasteiger partial charge on any atom is 0.221 e. The van der Waals surface area contributed by atoms with Gasteiger partial charge in [-0.3, -0.25) is 4.79 Å². The van der Waals surface area contributed by atoms with Gasteiger partial charge in [0.2, 0.25) is 5.91 Å². The van der Waals surface area contributed by atoms with Crippen LogP contribution in [-0.2, 0) is 4.79 Å². The number of halogens is 1. The fourth-order valence-corrected chi connectivity index (χ4v) is 2.62. The van der Waals surface area contributed by atoms with Crippen molar-refractivity contribution in [2.24, 2.45) is 0 Å². The minimum absolute atomic E-state index is 0.105. The summed E-state index contributed by atoms with van der Waals surface area (Å²) in [7, 11) is 1.63. The van der Waals surface area contributed by atoms with Crippen molar-refractivity contribution in [1.29, 1.82) is 0 Å². The van der Waals surface area contributed by atoms with Crippen molar-refractivity contribution in [3.05, 3.63) is 40.9 Å². The molecule has 2 rings (SSSR count). The first-order chi connectivity index (χ1) is 10.5. The Morgan fingerprint density at radius 3 is 2.59 bits per heavy atom. The number of ether oxygens (including phenoxy) is 2. The van der Waals surface area contributed by atoms with E-state index < -0.39 is 0 Å². The van der Waals surface area contributed by atoms with E-state index in [-0.39, 0.29) is 5.91 Å². The van der Waals surface area contributed by atoms with Crippen molar-refractivity contribution in [2.45, 2.75) is 13.8 Å². The molecule has 0 aliphatic heterocycles. The lowest BCUT2D eigenvalue weighted by Gasteiger charge is -2.13. The third-order valence-corrected chi connectivity index (χ3v) is 3.73. The third kappa shape index (κ3) is 3.80. The summed E-state index contributed by atoms with van der Waals surface area (Å²) < 4.78 is 11.8. The van der Waals surface area contributed by atoms with Gasteiger partial charge in [0.25, 0.3) is 0 Å². The lowest BCUT2D eigenvalue weighted by atomic mass is 10.0. The summed E-state index contributed by atoms with van der Waals surface area (Å²) in [6, 6.07) is 11.5. The summed E-state index contributed by atoms with van der Waals surface area (Å²) in [5.74, 6) is 1.41. The number of amides is 1. The normalized spacial score (nSPS) is 10.2. The molecule has 0 fully saturated rings. The van der Waals surface area contributed by atoms with Crippen LogP contribution in [0.15, 0.2) is 40.9 Å². The molecule has 0 spiro atoms. The Morgan fingerprint density at radius 2 is 2.00 bits per heavy atom. The summed E-state index contributed by atoms with van der Waals surface area (Å²) >= 11 is 3.48. The second-order valence-electron chi connectivity index (χ2n) is 4.67. The van der Waals surface area contributed by atoms with Gasteiger partial charge in [0.1, 0.15) is 11.5 Å². The van der Waals surface area contributed by atoms with Crippen molar-refractivity contribution in [2.75, 3.05) is 19.0 Å². The molecule has 0 unspecified atom stereocenters. The third-order valence-electron chi connectivity index (χ3n) is 3.07. The van der Waals surface area contributed by atoms with E-state index in [2.05, 4.69) is 21.2 Å². The van der Waals surface area contributed by atoms with Gasteiger partial charge in [0, 0.05) is 23.0 Å². The highest BCUT2D eigenvalue weighted by Crippen LogP contribution is 2.36. The summed E-state index contributed by atoms with van der Waals surface area (Å²) in [6.45, 7) is 4.04. The minimum atomic E-state index is -0.105. The molecule has 0 heterocycles. The van der Waals surface area contributed by atoms with Gasteiger partial charge in [-0.15, -0.1) is 0 Å². The Hall–Kier alpha value is -2.01. The number of rotatable bonds is 5. The molecule has 0 aromatic heterocycles. The van der Waals surface area contributed by atoms with Crippen LogP contribution in [0.5, 0.6) is 11.5 Å². The molecule has 0 aliphatic carbocycles. The van der Waals surface area contributed by atoms with Crippen molar-refractivity contribution < 1.29 is 14.3 Å². The molecule has 4 nitrogen and oxygen atoms in total. The first kappa shape index (κ1) is 16.4. The Morgan fingerprint density at radius 1 is 1.23 bits per heavy atom. The van der Waals surface area contributed by atoms with Gasteiger partial charge in [0.05, 0.1) is 19.4 Å². The second-order valence-corrected chi connectivity index (χ2v) is 5.53. The van der Waals surface area contributed by atoms with Crippen LogP contribution in [0, 0.1) is 0 Å². The van der Waals surface area contributed by atoms with E-state index in [4.69, 9.17) is 9.47 Å². The lowest BCUT2D eigenvalue weighted by molar-refractivity contribution is -0.114.